The van der Waals surface area contributed by atoms with Crippen molar-refractivity contribution in [2.45, 2.75) is 39.3 Å². The van der Waals surface area contributed by atoms with E-state index in [0.29, 0.717) is 6.04 Å². The number of nitrogens with zero attached hydrogens (tertiary/aromatic N) is 3. The van der Waals surface area contributed by atoms with Gasteiger partial charge in [0.2, 0.25) is 0 Å². The number of thiophene rings is 1. The van der Waals surface area contributed by atoms with E-state index >= 15 is 0 Å². The van der Waals surface area contributed by atoms with Crippen molar-refractivity contribution in [2.24, 2.45) is 0 Å². The van der Waals surface area contributed by atoms with E-state index in [-0.39, 0.29) is 0 Å². The Hall–Kier alpha value is -1.46. The smallest absolute Gasteiger partial charge is 0.151 e. The van der Waals surface area contributed by atoms with Crippen molar-refractivity contribution in [2.75, 3.05) is 18.0 Å². The van der Waals surface area contributed by atoms with Crippen LogP contribution in [0.3, 0.4) is 0 Å². The molecule has 0 bridgehead atoms. The molecule has 4 nitrogen and oxygen atoms in total. The molecule has 112 valence electrons. The number of aryl methyl sites for hydroxylation is 2. The molecular formula is C16H22N4S. The average Bonchev–Trinajstić information content (AvgIpc) is 2.92. The molecule has 1 saturated heterocycles. The van der Waals surface area contributed by atoms with Crippen LogP contribution in [0.1, 0.15) is 28.3 Å². The topological polar surface area (TPSA) is 41.0 Å². The number of hydrogen-bond donors (Lipinski definition) is 1. The van der Waals surface area contributed by atoms with Crippen LogP contribution in [0, 0.1) is 13.8 Å². The molecule has 0 spiro atoms. The third-order valence-corrected chi connectivity index (χ3v) is 4.89. The van der Waals surface area contributed by atoms with Crippen molar-refractivity contribution in [3.05, 3.63) is 39.7 Å². The van der Waals surface area contributed by atoms with E-state index < -0.39 is 0 Å². The Kier molecular flexibility index (Phi) is 4.51. The molecule has 0 amide bonds. The molecule has 0 radical (unpaired) electrons. The third kappa shape index (κ3) is 3.80. The van der Waals surface area contributed by atoms with Crippen molar-refractivity contribution in [3.8, 4) is 0 Å². The highest BCUT2D eigenvalue weighted by molar-refractivity contribution is 7.11. The number of anilines is 1. The minimum atomic E-state index is 0.532. The standard InChI is InChI=1S/C16H22N4S/c1-12-5-8-16(19-18-12)20-9-3-4-14(11-20)17-10-15-7-6-13(2)21-15/h5-8,14,17H,3-4,9-11H2,1-2H3/t14-/m0/s1. The van der Waals surface area contributed by atoms with E-state index in [9.17, 15) is 0 Å². The molecule has 2 aromatic heterocycles. The predicted molar refractivity (Wildman–Crippen MR) is 87.9 cm³/mol. The Labute approximate surface area is 130 Å². The molecule has 5 heteroatoms. The Balaban J connectivity index is 1.56. The second-order valence-corrected chi connectivity index (χ2v) is 7.08. The molecule has 0 unspecified atom stereocenters. The highest BCUT2D eigenvalue weighted by Gasteiger charge is 2.20. The van der Waals surface area contributed by atoms with E-state index in [2.05, 4.69) is 45.5 Å². The van der Waals surface area contributed by atoms with Crippen LogP contribution in [0.5, 0.6) is 0 Å². The summed E-state index contributed by atoms with van der Waals surface area (Å²) in [5.74, 6) is 0.999. The number of aromatic nitrogens is 2. The van der Waals surface area contributed by atoms with Gasteiger partial charge in [0.25, 0.3) is 0 Å². The van der Waals surface area contributed by atoms with Crippen LogP contribution < -0.4 is 10.2 Å². The molecular weight excluding hydrogens is 280 g/mol. The van der Waals surface area contributed by atoms with Gasteiger partial charge in [0, 0.05) is 35.4 Å². The van der Waals surface area contributed by atoms with E-state index in [1.807, 2.05) is 24.3 Å². The molecule has 3 rings (SSSR count). The van der Waals surface area contributed by atoms with Crippen LogP contribution in [-0.4, -0.2) is 29.3 Å². The van der Waals surface area contributed by atoms with Crippen LogP contribution in [-0.2, 0) is 6.54 Å². The number of piperidine rings is 1. The van der Waals surface area contributed by atoms with Crippen LogP contribution >= 0.6 is 11.3 Å². The van der Waals surface area contributed by atoms with Gasteiger partial charge < -0.3 is 10.2 Å². The van der Waals surface area contributed by atoms with Gasteiger partial charge in [-0.3, -0.25) is 0 Å². The Morgan fingerprint density at radius 2 is 2.14 bits per heavy atom. The molecule has 3 heterocycles. The zero-order chi connectivity index (χ0) is 14.7. The van der Waals surface area contributed by atoms with Crippen LogP contribution in [0.4, 0.5) is 5.82 Å². The summed E-state index contributed by atoms with van der Waals surface area (Å²) in [5, 5.41) is 12.2. The molecule has 1 aliphatic heterocycles. The molecule has 0 aliphatic carbocycles. The van der Waals surface area contributed by atoms with Gasteiger partial charge in [-0.1, -0.05) is 0 Å². The van der Waals surface area contributed by atoms with Gasteiger partial charge >= 0.3 is 0 Å². The first-order valence-corrected chi connectivity index (χ1v) is 8.36. The maximum atomic E-state index is 4.31. The lowest BCUT2D eigenvalue weighted by Gasteiger charge is -2.33. The quantitative estimate of drug-likeness (QED) is 0.943. The van der Waals surface area contributed by atoms with E-state index in [4.69, 9.17) is 0 Å². The number of rotatable bonds is 4. The average molecular weight is 302 g/mol. The minimum Gasteiger partial charge on any atom is -0.354 e. The fourth-order valence-electron chi connectivity index (χ4n) is 2.74. The van der Waals surface area contributed by atoms with Crippen molar-refractivity contribution in [3.63, 3.8) is 0 Å². The zero-order valence-electron chi connectivity index (χ0n) is 12.7. The fourth-order valence-corrected chi connectivity index (χ4v) is 3.58. The van der Waals surface area contributed by atoms with Gasteiger partial charge in [0.15, 0.2) is 5.82 Å². The normalized spacial score (nSPS) is 19.0. The number of nitrogens with one attached hydrogen (secondary N) is 1. The first-order valence-electron chi connectivity index (χ1n) is 7.55. The van der Waals surface area contributed by atoms with Crippen molar-refractivity contribution >= 4 is 17.2 Å². The lowest BCUT2D eigenvalue weighted by atomic mass is 10.1. The molecule has 1 atom stereocenters. The second kappa shape index (κ2) is 6.54. The highest BCUT2D eigenvalue weighted by atomic mass is 32.1. The Morgan fingerprint density at radius 1 is 1.24 bits per heavy atom. The van der Waals surface area contributed by atoms with Gasteiger partial charge in [0.1, 0.15) is 0 Å². The molecule has 21 heavy (non-hydrogen) atoms. The largest absolute Gasteiger partial charge is 0.354 e. The maximum absolute atomic E-state index is 4.31. The van der Waals surface area contributed by atoms with Crippen LogP contribution in [0.2, 0.25) is 0 Å². The van der Waals surface area contributed by atoms with Crippen molar-refractivity contribution < 1.29 is 0 Å². The van der Waals surface area contributed by atoms with Gasteiger partial charge in [-0.05, 0) is 51.0 Å². The summed E-state index contributed by atoms with van der Waals surface area (Å²) in [5.41, 5.74) is 0.971. The van der Waals surface area contributed by atoms with Crippen molar-refractivity contribution in [1.82, 2.24) is 15.5 Å². The maximum Gasteiger partial charge on any atom is 0.151 e. The SMILES string of the molecule is Cc1ccc(N2CCC[C@H](NCc3ccc(C)s3)C2)nn1. The highest BCUT2D eigenvalue weighted by Crippen LogP contribution is 2.19. The lowest BCUT2D eigenvalue weighted by molar-refractivity contribution is 0.420. The summed E-state index contributed by atoms with van der Waals surface area (Å²) in [6, 6.07) is 9.06. The number of hydrogen-bond acceptors (Lipinski definition) is 5. The minimum absolute atomic E-state index is 0.532. The molecule has 0 aromatic carbocycles. The summed E-state index contributed by atoms with van der Waals surface area (Å²) < 4.78 is 0. The third-order valence-electron chi connectivity index (χ3n) is 3.89. The van der Waals surface area contributed by atoms with Gasteiger partial charge in [-0.15, -0.1) is 16.4 Å². The van der Waals surface area contributed by atoms with Gasteiger partial charge in [-0.25, -0.2) is 0 Å². The second-order valence-electron chi connectivity index (χ2n) is 5.71. The molecule has 1 aliphatic rings. The van der Waals surface area contributed by atoms with Gasteiger partial charge in [-0.2, -0.15) is 5.10 Å². The molecule has 2 aromatic rings. The first-order chi connectivity index (χ1) is 10.2. The molecule has 0 saturated carbocycles. The Morgan fingerprint density at radius 3 is 2.86 bits per heavy atom. The Bertz CT molecular complexity index is 578. The zero-order valence-corrected chi connectivity index (χ0v) is 13.5. The van der Waals surface area contributed by atoms with E-state index in [1.54, 1.807) is 0 Å². The molecule has 1 fully saturated rings. The predicted octanol–water partition coefficient (Wildman–Crippen LogP) is 2.91. The van der Waals surface area contributed by atoms with Gasteiger partial charge in [0.05, 0.1) is 5.69 Å². The first kappa shape index (κ1) is 14.5. The monoisotopic (exact) mass is 302 g/mol. The lowest BCUT2D eigenvalue weighted by Crippen LogP contribution is -2.45. The van der Waals surface area contributed by atoms with Crippen LogP contribution in [0.25, 0.3) is 0 Å². The fraction of sp³-hybridized carbons (Fsp3) is 0.500. The summed E-state index contributed by atoms with van der Waals surface area (Å²) in [4.78, 5) is 5.14. The summed E-state index contributed by atoms with van der Waals surface area (Å²) in [7, 11) is 0. The molecule has 1 N–H and O–H groups in total. The van der Waals surface area contributed by atoms with Crippen LogP contribution in [0.15, 0.2) is 24.3 Å². The van der Waals surface area contributed by atoms with E-state index in [1.165, 1.54) is 22.6 Å². The summed E-state index contributed by atoms with van der Waals surface area (Å²) in [6.45, 7) is 7.19. The van der Waals surface area contributed by atoms with E-state index in [0.717, 1.165) is 31.1 Å². The summed E-state index contributed by atoms with van der Waals surface area (Å²) in [6.07, 6.45) is 2.44. The summed E-state index contributed by atoms with van der Waals surface area (Å²) >= 11 is 1.88. The van der Waals surface area contributed by atoms with Crippen molar-refractivity contribution in [1.29, 1.82) is 0 Å².